The smallest absolute Gasteiger partial charge is 0.246 e. The minimum absolute atomic E-state index is 0. The fourth-order valence-electron chi connectivity index (χ4n) is 6.21. The van der Waals surface area contributed by atoms with Gasteiger partial charge < -0.3 is 47.4 Å². The molecule has 0 radical (unpaired) electrons. The van der Waals surface area contributed by atoms with Crippen molar-refractivity contribution < 1.29 is 33.6 Å². The summed E-state index contributed by atoms with van der Waals surface area (Å²) in [7, 11) is 3.27. The van der Waals surface area contributed by atoms with E-state index < -0.39 is 71.8 Å². The molecule has 1 heterocycles. The lowest BCUT2D eigenvalue weighted by Crippen LogP contribution is -2.58. The molecule has 16 nitrogen and oxygen atoms in total. The van der Waals surface area contributed by atoms with Crippen LogP contribution < -0.4 is 42.5 Å². The molecule has 336 valence electrons. The normalized spacial score (nSPS) is 18.5. The van der Waals surface area contributed by atoms with Gasteiger partial charge >= 0.3 is 0 Å². The monoisotopic (exact) mass is 871 g/mol. The van der Waals surface area contributed by atoms with Crippen molar-refractivity contribution >= 4 is 66.2 Å². The highest BCUT2D eigenvalue weighted by Gasteiger charge is 2.44. The summed E-state index contributed by atoms with van der Waals surface area (Å²) in [5, 5.41) is 22.9. The first-order valence-corrected chi connectivity index (χ1v) is 20.2. The lowest BCUT2D eigenvalue weighted by Gasteiger charge is -2.31. The lowest BCUT2D eigenvalue weighted by atomic mass is 10.0. The number of likely N-dealkylation sites (N-methyl/N-ethyl adjacent to an activating group) is 2. The van der Waals surface area contributed by atoms with E-state index in [4.69, 9.17) is 0 Å². The minimum Gasteiger partial charge on any atom is -0.352 e. The van der Waals surface area contributed by atoms with Crippen molar-refractivity contribution in [3.63, 3.8) is 0 Å². The van der Waals surface area contributed by atoms with Crippen molar-refractivity contribution in [3.05, 3.63) is 35.9 Å². The maximum absolute atomic E-state index is 14.2. The molecule has 1 aromatic carbocycles. The summed E-state index contributed by atoms with van der Waals surface area (Å²) in [5.41, 5.74) is 0.878. The number of benzene rings is 1. The summed E-state index contributed by atoms with van der Waals surface area (Å²) in [5.74, 6) is -3.56. The molecule has 0 saturated carbocycles. The van der Waals surface area contributed by atoms with Gasteiger partial charge in [0, 0.05) is 25.0 Å². The number of rotatable bonds is 21. The van der Waals surface area contributed by atoms with Gasteiger partial charge in [-0.1, -0.05) is 71.9 Å². The van der Waals surface area contributed by atoms with E-state index in [2.05, 4.69) is 42.5 Å². The van der Waals surface area contributed by atoms with Crippen LogP contribution in [0.25, 0.3) is 0 Å². The third-order valence-corrected chi connectivity index (χ3v) is 10.7. The van der Waals surface area contributed by atoms with Gasteiger partial charge in [0.25, 0.3) is 0 Å². The molecule has 0 spiro atoms. The number of carbonyl (C=O) groups excluding carboxylic acids is 7. The van der Waals surface area contributed by atoms with E-state index in [0.717, 1.165) is 5.56 Å². The standard InChI is InChI=1S/C41H69N9O7.2ClH/c1-22(2)25(7)44-38(54)31(47-40(56)34(23(3)4)48-36(52)27(9)42-11)18-19-33(51)46-30-20-32(39(55)45-26(8)29-16-14-13-15-17-29)50(21-30)41(57)35(24(5)6)49-37(53)28(10)43-12;;/h13-17,22-28,30-32,34-35,42-43H,18-21H2,1-12H3,(H,44,54)(H,45,55)(H,46,51)(H,47,56)(H,48,52)(H,49,53);2*1H/t25-,26+,27+,28-,30-,31+,32-,34+,35-;;/m0../s1. The maximum atomic E-state index is 14.2. The number of likely N-dealkylation sites (tertiary alicyclic amines) is 1. The van der Waals surface area contributed by atoms with Gasteiger partial charge in [-0.15, -0.1) is 24.8 Å². The highest BCUT2D eigenvalue weighted by Crippen LogP contribution is 2.23. The van der Waals surface area contributed by atoms with Crippen LogP contribution in [0.1, 0.15) is 100 Å². The van der Waals surface area contributed by atoms with E-state index in [1.165, 1.54) is 4.90 Å². The maximum Gasteiger partial charge on any atom is 0.246 e. The third-order valence-electron chi connectivity index (χ3n) is 10.7. The summed E-state index contributed by atoms with van der Waals surface area (Å²) in [6, 6.07) is 3.16. The first kappa shape index (κ1) is 55.0. The van der Waals surface area contributed by atoms with Crippen LogP contribution >= 0.6 is 24.8 Å². The Bertz CT molecular complexity index is 1540. The van der Waals surface area contributed by atoms with Crippen LogP contribution in [0.3, 0.4) is 0 Å². The Morgan fingerprint density at radius 1 is 0.644 bits per heavy atom. The van der Waals surface area contributed by atoms with Crippen LogP contribution in [0.5, 0.6) is 0 Å². The van der Waals surface area contributed by atoms with Gasteiger partial charge in [-0.25, -0.2) is 0 Å². The van der Waals surface area contributed by atoms with Crippen molar-refractivity contribution in [3.8, 4) is 0 Å². The SMILES string of the molecule is CN[C@@H](C)C(=O)N[C@H](C(=O)N1C[C@@H](NC(=O)CC[C@@H](NC(=O)[C@H](NC(=O)[C@@H](C)NC)C(C)C)C(=O)N[C@@H](C)C(C)C)C[C@H]1C(=O)N[C@H](C)c1ccccc1)C(C)C.Cl.Cl. The van der Waals surface area contributed by atoms with Gasteiger partial charge in [-0.2, -0.15) is 0 Å². The van der Waals surface area contributed by atoms with E-state index in [-0.39, 0.29) is 92.3 Å². The Labute approximate surface area is 363 Å². The predicted molar refractivity (Wildman–Crippen MR) is 234 cm³/mol. The predicted octanol–water partition coefficient (Wildman–Crippen LogP) is 1.72. The number of nitrogens with zero attached hydrogens (tertiary/aromatic N) is 1. The molecule has 59 heavy (non-hydrogen) atoms. The Hall–Kier alpha value is -3.99. The van der Waals surface area contributed by atoms with Crippen LogP contribution in [0.15, 0.2) is 30.3 Å². The van der Waals surface area contributed by atoms with E-state index in [1.807, 2.05) is 71.9 Å². The number of amides is 7. The summed E-state index contributed by atoms with van der Waals surface area (Å²) in [6.45, 7) is 18.1. The fourth-order valence-corrected chi connectivity index (χ4v) is 6.21. The first-order valence-electron chi connectivity index (χ1n) is 20.2. The highest BCUT2D eigenvalue weighted by molar-refractivity contribution is 5.95. The lowest BCUT2D eigenvalue weighted by molar-refractivity contribution is -0.142. The number of nitrogens with one attached hydrogen (secondary N) is 8. The van der Waals surface area contributed by atoms with Crippen LogP contribution in [-0.2, 0) is 33.6 Å². The van der Waals surface area contributed by atoms with Crippen molar-refractivity contribution in [1.29, 1.82) is 0 Å². The number of hydrogen-bond acceptors (Lipinski definition) is 9. The summed E-state index contributed by atoms with van der Waals surface area (Å²) >= 11 is 0. The molecular weight excluding hydrogens is 801 g/mol. The molecule has 0 unspecified atom stereocenters. The Kier molecular flexibility index (Phi) is 24.5. The van der Waals surface area contributed by atoms with Crippen LogP contribution in [-0.4, -0.2) is 115 Å². The summed E-state index contributed by atoms with van der Waals surface area (Å²) in [6.07, 6.45) is -0.106. The van der Waals surface area contributed by atoms with Gasteiger partial charge in [0.05, 0.1) is 18.1 Å². The van der Waals surface area contributed by atoms with Crippen LogP contribution in [0.4, 0.5) is 0 Å². The van der Waals surface area contributed by atoms with Gasteiger partial charge in [0.15, 0.2) is 0 Å². The molecule has 1 aromatic rings. The number of hydrogen-bond donors (Lipinski definition) is 8. The van der Waals surface area contributed by atoms with E-state index >= 15 is 0 Å². The Morgan fingerprint density at radius 3 is 1.66 bits per heavy atom. The molecule has 9 atom stereocenters. The summed E-state index contributed by atoms with van der Waals surface area (Å²) in [4.78, 5) is 95.6. The molecule has 1 saturated heterocycles. The average molecular weight is 873 g/mol. The van der Waals surface area contributed by atoms with Crippen molar-refractivity contribution in [2.24, 2.45) is 17.8 Å². The van der Waals surface area contributed by atoms with Gasteiger partial charge in [0.1, 0.15) is 24.2 Å². The second-order valence-corrected chi connectivity index (χ2v) is 16.3. The first-order chi connectivity index (χ1) is 26.7. The van der Waals surface area contributed by atoms with Crippen molar-refractivity contribution in [2.75, 3.05) is 20.6 Å². The summed E-state index contributed by atoms with van der Waals surface area (Å²) < 4.78 is 0. The zero-order chi connectivity index (χ0) is 43.1. The molecular formula is C41H71Cl2N9O7. The molecule has 18 heteroatoms. The quantitative estimate of drug-likeness (QED) is 0.0901. The largest absolute Gasteiger partial charge is 0.352 e. The van der Waals surface area contributed by atoms with Crippen LogP contribution in [0, 0.1) is 17.8 Å². The molecule has 0 aliphatic carbocycles. The Morgan fingerprint density at radius 2 is 1.17 bits per heavy atom. The van der Waals surface area contributed by atoms with Crippen LogP contribution in [0.2, 0.25) is 0 Å². The topological polar surface area (TPSA) is 219 Å². The second kappa shape index (κ2) is 26.3. The zero-order valence-corrected chi connectivity index (χ0v) is 38.4. The number of halogens is 2. The molecule has 7 amide bonds. The van der Waals surface area contributed by atoms with E-state index in [9.17, 15) is 33.6 Å². The molecule has 1 aliphatic rings. The average Bonchev–Trinajstić information content (AvgIpc) is 3.59. The fraction of sp³-hybridized carbons (Fsp3) is 0.683. The molecule has 0 aromatic heterocycles. The van der Waals surface area contributed by atoms with E-state index in [0.29, 0.717) is 0 Å². The molecule has 2 rings (SSSR count). The zero-order valence-electron chi connectivity index (χ0n) is 36.8. The van der Waals surface area contributed by atoms with Gasteiger partial charge in [0.2, 0.25) is 41.4 Å². The minimum atomic E-state index is -1.10. The van der Waals surface area contributed by atoms with Gasteiger partial charge in [-0.05, 0) is 77.9 Å². The second-order valence-electron chi connectivity index (χ2n) is 16.3. The molecule has 0 bridgehead atoms. The molecule has 8 N–H and O–H groups in total. The molecule has 1 fully saturated rings. The van der Waals surface area contributed by atoms with Crippen molar-refractivity contribution in [2.45, 2.75) is 143 Å². The van der Waals surface area contributed by atoms with E-state index in [1.54, 1.807) is 41.8 Å². The van der Waals surface area contributed by atoms with Gasteiger partial charge in [-0.3, -0.25) is 33.6 Å². The molecule has 1 aliphatic heterocycles. The number of carbonyl (C=O) groups is 7. The third kappa shape index (κ3) is 16.9. The van der Waals surface area contributed by atoms with Crippen molar-refractivity contribution in [1.82, 2.24) is 47.4 Å². The Balaban J connectivity index is 0.0000168. The highest BCUT2D eigenvalue weighted by atomic mass is 35.5.